The fourth-order valence-corrected chi connectivity index (χ4v) is 5.35. The van der Waals surface area contributed by atoms with Gasteiger partial charge in [0.25, 0.3) is 0 Å². The normalized spacial score (nSPS) is 15.0. The number of amides is 1. The highest BCUT2D eigenvalue weighted by molar-refractivity contribution is 5.88. The molecule has 198 valence electrons. The first-order chi connectivity index (χ1) is 18.7. The molecule has 7 nitrogen and oxygen atoms in total. The molecule has 0 bridgehead atoms. The highest BCUT2D eigenvalue weighted by Gasteiger charge is 2.26. The lowest BCUT2D eigenvalue weighted by molar-refractivity contribution is -0.135. The number of carbonyl (C=O) groups excluding carboxylic acids is 1. The van der Waals surface area contributed by atoms with E-state index in [9.17, 15) is 4.79 Å². The molecule has 0 aliphatic carbocycles. The van der Waals surface area contributed by atoms with Gasteiger partial charge in [0.15, 0.2) is 5.65 Å². The van der Waals surface area contributed by atoms with Crippen LogP contribution in [0.3, 0.4) is 0 Å². The van der Waals surface area contributed by atoms with E-state index in [2.05, 4.69) is 35.8 Å². The molecule has 7 heteroatoms. The van der Waals surface area contributed by atoms with E-state index < -0.39 is 0 Å². The lowest BCUT2D eigenvalue weighted by Gasteiger charge is -2.26. The van der Waals surface area contributed by atoms with Crippen molar-refractivity contribution >= 4 is 22.8 Å². The Morgan fingerprint density at radius 1 is 0.921 bits per heavy atom. The van der Waals surface area contributed by atoms with Crippen LogP contribution in [0.15, 0.2) is 66.9 Å². The van der Waals surface area contributed by atoms with Gasteiger partial charge in [-0.25, -0.2) is 14.6 Å². The van der Waals surface area contributed by atoms with Crippen molar-refractivity contribution in [1.29, 1.82) is 0 Å². The van der Waals surface area contributed by atoms with Crippen molar-refractivity contribution in [1.82, 2.24) is 24.6 Å². The molecule has 1 saturated heterocycles. The summed E-state index contributed by atoms with van der Waals surface area (Å²) in [6.45, 7) is 7.44. The van der Waals surface area contributed by atoms with Crippen LogP contribution in [-0.4, -0.2) is 56.7 Å². The molecule has 1 fully saturated rings. The molecule has 1 amide bonds. The molecular formula is C31H38N6O. The van der Waals surface area contributed by atoms with Crippen LogP contribution in [0, 0.1) is 5.92 Å². The number of rotatable bonds is 9. The summed E-state index contributed by atoms with van der Waals surface area (Å²) < 4.78 is 1.90. The quantitative estimate of drug-likeness (QED) is 0.291. The summed E-state index contributed by atoms with van der Waals surface area (Å²) in [5.41, 5.74) is 2.96. The Morgan fingerprint density at radius 2 is 1.68 bits per heavy atom. The Hall–Kier alpha value is -3.74. The average molecular weight is 511 g/mol. The molecule has 38 heavy (non-hydrogen) atoms. The number of hydrogen-bond donors (Lipinski definition) is 0. The maximum atomic E-state index is 13.3. The minimum atomic E-state index is 0.133. The third-order valence-electron chi connectivity index (χ3n) is 7.52. The monoisotopic (exact) mass is 510 g/mol. The summed E-state index contributed by atoms with van der Waals surface area (Å²) in [7, 11) is 0. The molecule has 2 aromatic carbocycles. The number of fused-ring (bicyclic) bond motifs is 1. The van der Waals surface area contributed by atoms with E-state index >= 15 is 0 Å². The van der Waals surface area contributed by atoms with Crippen molar-refractivity contribution in [2.24, 2.45) is 5.92 Å². The Bertz CT molecular complexity index is 1340. The van der Waals surface area contributed by atoms with Gasteiger partial charge in [-0.3, -0.25) is 4.79 Å². The van der Waals surface area contributed by atoms with Crippen LogP contribution in [0.4, 0.5) is 5.82 Å². The first-order valence-corrected chi connectivity index (χ1v) is 14.1. The number of anilines is 1. The van der Waals surface area contributed by atoms with Gasteiger partial charge in [-0.15, -0.1) is 0 Å². The van der Waals surface area contributed by atoms with E-state index in [1.165, 1.54) is 5.56 Å². The second-order valence-electron chi connectivity index (χ2n) is 10.2. The van der Waals surface area contributed by atoms with Crippen LogP contribution in [-0.2, 0) is 11.2 Å². The molecule has 1 aliphatic rings. The van der Waals surface area contributed by atoms with Crippen molar-refractivity contribution in [2.75, 3.05) is 31.1 Å². The topological polar surface area (TPSA) is 67.2 Å². The summed E-state index contributed by atoms with van der Waals surface area (Å²) in [6, 6.07) is 20.5. The lowest BCUT2D eigenvalue weighted by atomic mass is 9.97. The minimum absolute atomic E-state index is 0.133. The number of aromatic nitrogens is 4. The third-order valence-corrected chi connectivity index (χ3v) is 7.52. The smallest absolute Gasteiger partial charge is 0.225 e. The molecule has 0 saturated carbocycles. The predicted molar refractivity (Wildman–Crippen MR) is 153 cm³/mol. The SMILES string of the molecule is CCCC[C@H](CC)C(=O)N1CCCN(c2nc(Cc3ccccc3)nc3c2cnn3-c2ccccc2)CC1. The van der Waals surface area contributed by atoms with E-state index in [0.29, 0.717) is 18.9 Å². The first-order valence-electron chi connectivity index (χ1n) is 14.1. The molecule has 0 N–H and O–H groups in total. The maximum Gasteiger partial charge on any atom is 0.225 e. The van der Waals surface area contributed by atoms with Gasteiger partial charge in [-0.05, 0) is 37.0 Å². The van der Waals surface area contributed by atoms with Crippen LogP contribution in [0.5, 0.6) is 0 Å². The number of carbonyl (C=O) groups is 1. The van der Waals surface area contributed by atoms with Crippen LogP contribution in [0.2, 0.25) is 0 Å². The molecule has 3 heterocycles. The van der Waals surface area contributed by atoms with Crippen LogP contribution in [0.1, 0.15) is 57.3 Å². The summed E-state index contributed by atoms with van der Waals surface area (Å²) in [5.74, 6) is 2.14. The van der Waals surface area contributed by atoms with Crippen LogP contribution < -0.4 is 4.90 Å². The highest BCUT2D eigenvalue weighted by atomic mass is 16.2. The Morgan fingerprint density at radius 3 is 2.42 bits per heavy atom. The zero-order valence-corrected chi connectivity index (χ0v) is 22.6. The number of unbranched alkanes of at least 4 members (excludes halogenated alkanes) is 1. The maximum absolute atomic E-state index is 13.3. The van der Waals surface area contributed by atoms with Crippen molar-refractivity contribution < 1.29 is 4.79 Å². The number of para-hydroxylation sites is 1. The van der Waals surface area contributed by atoms with Gasteiger partial charge >= 0.3 is 0 Å². The molecule has 4 aromatic rings. The van der Waals surface area contributed by atoms with Gasteiger partial charge < -0.3 is 9.80 Å². The van der Waals surface area contributed by atoms with Crippen molar-refractivity contribution in [3.8, 4) is 5.69 Å². The van der Waals surface area contributed by atoms with E-state index in [-0.39, 0.29) is 5.92 Å². The Kier molecular flexibility index (Phi) is 8.31. The molecule has 0 spiro atoms. The highest BCUT2D eigenvalue weighted by Crippen LogP contribution is 2.28. The largest absolute Gasteiger partial charge is 0.354 e. The number of nitrogens with zero attached hydrogens (tertiary/aromatic N) is 6. The van der Waals surface area contributed by atoms with Crippen LogP contribution in [0.25, 0.3) is 16.7 Å². The number of benzene rings is 2. The molecule has 2 aromatic heterocycles. The second kappa shape index (κ2) is 12.2. The Labute approximate surface area is 225 Å². The van der Waals surface area contributed by atoms with Crippen LogP contribution >= 0.6 is 0 Å². The summed E-state index contributed by atoms with van der Waals surface area (Å²) >= 11 is 0. The minimum Gasteiger partial charge on any atom is -0.354 e. The fraction of sp³-hybridized carbons (Fsp3) is 0.419. The van der Waals surface area contributed by atoms with Crippen molar-refractivity contribution in [3.05, 3.63) is 78.2 Å². The van der Waals surface area contributed by atoms with Crippen molar-refractivity contribution in [2.45, 2.75) is 52.4 Å². The van der Waals surface area contributed by atoms with E-state index in [4.69, 9.17) is 15.1 Å². The average Bonchev–Trinajstić information content (AvgIpc) is 3.22. The number of hydrogen-bond acceptors (Lipinski definition) is 5. The fourth-order valence-electron chi connectivity index (χ4n) is 5.35. The van der Waals surface area contributed by atoms with Gasteiger partial charge in [0.2, 0.25) is 5.91 Å². The standard InChI is InChI=1S/C31H38N6O/c1-3-5-15-25(4-2)31(38)36-19-12-18-35(20-21-36)29-27-23-32-37(26-16-10-7-11-17-26)30(27)34-28(33-29)22-24-13-8-6-9-14-24/h6-11,13-14,16-17,23,25H,3-5,12,15,18-22H2,1-2H3/t25-/m0/s1. The Balaban J connectivity index is 1.46. The van der Waals surface area contributed by atoms with Gasteiger partial charge in [-0.2, -0.15) is 5.10 Å². The molecular weight excluding hydrogens is 472 g/mol. The summed E-state index contributed by atoms with van der Waals surface area (Å²) in [4.78, 5) is 27.8. The predicted octanol–water partition coefficient (Wildman–Crippen LogP) is 5.66. The molecule has 1 atom stereocenters. The molecule has 5 rings (SSSR count). The molecule has 0 radical (unpaired) electrons. The van der Waals surface area contributed by atoms with Gasteiger partial charge in [-0.1, -0.05) is 75.2 Å². The third kappa shape index (κ3) is 5.72. The molecule has 0 unspecified atom stereocenters. The lowest BCUT2D eigenvalue weighted by Crippen LogP contribution is -2.39. The van der Waals surface area contributed by atoms with Gasteiger partial charge in [0.05, 0.1) is 17.3 Å². The second-order valence-corrected chi connectivity index (χ2v) is 10.2. The first kappa shape index (κ1) is 25.9. The van der Waals surface area contributed by atoms with Gasteiger partial charge in [0.1, 0.15) is 11.6 Å². The van der Waals surface area contributed by atoms with Crippen molar-refractivity contribution in [3.63, 3.8) is 0 Å². The summed E-state index contributed by atoms with van der Waals surface area (Å²) in [5, 5.41) is 5.67. The van der Waals surface area contributed by atoms with E-state index in [1.54, 1.807) is 0 Å². The van der Waals surface area contributed by atoms with E-state index in [0.717, 1.165) is 80.1 Å². The zero-order chi connectivity index (χ0) is 26.3. The molecule has 1 aliphatic heterocycles. The van der Waals surface area contributed by atoms with Gasteiger partial charge in [0, 0.05) is 38.5 Å². The zero-order valence-electron chi connectivity index (χ0n) is 22.6. The van der Waals surface area contributed by atoms with E-state index in [1.807, 2.05) is 59.4 Å². The summed E-state index contributed by atoms with van der Waals surface area (Å²) in [6.07, 6.45) is 7.59.